The van der Waals surface area contributed by atoms with Crippen molar-refractivity contribution in [1.82, 2.24) is 10.3 Å². The first-order chi connectivity index (χ1) is 13.7. The number of carbonyl (C=O) groups excluding carboxylic acids is 1. The van der Waals surface area contributed by atoms with Crippen molar-refractivity contribution in [2.75, 3.05) is 38.8 Å². The fourth-order valence-corrected chi connectivity index (χ4v) is 3.50. The van der Waals surface area contributed by atoms with Crippen LogP contribution in [-0.2, 0) is 0 Å². The van der Waals surface area contributed by atoms with E-state index >= 15 is 0 Å². The number of carbonyl (C=O) groups is 1. The second-order valence-electron chi connectivity index (χ2n) is 6.72. The average Bonchev–Trinajstić information content (AvgIpc) is 2.77. The van der Waals surface area contributed by atoms with Crippen molar-refractivity contribution in [3.8, 4) is 17.6 Å². The lowest BCUT2D eigenvalue weighted by Crippen LogP contribution is -2.41. The van der Waals surface area contributed by atoms with Crippen molar-refractivity contribution >= 4 is 11.7 Å². The number of nitriles is 1. The van der Waals surface area contributed by atoms with Gasteiger partial charge in [-0.25, -0.2) is 4.98 Å². The van der Waals surface area contributed by atoms with Gasteiger partial charge in [0.25, 0.3) is 5.91 Å². The van der Waals surface area contributed by atoms with Gasteiger partial charge in [0.2, 0.25) is 0 Å². The third-order valence-electron chi connectivity index (χ3n) is 4.92. The largest absolute Gasteiger partial charge is 0.493 e. The van der Waals surface area contributed by atoms with Gasteiger partial charge in [0, 0.05) is 25.8 Å². The summed E-state index contributed by atoms with van der Waals surface area (Å²) in [6.45, 7) is 2.25. The summed E-state index contributed by atoms with van der Waals surface area (Å²) in [5.41, 5.74) is 1.06. The van der Waals surface area contributed by atoms with Crippen LogP contribution in [0.4, 0.5) is 5.82 Å². The van der Waals surface area contributed by atoms with E-state index in [2.05, 4.69) is 21.3 Å². The molecule has 1 aromatic heterocycles. The molecular formula is C21H24N4O3. The van der Waals surface area contributed by atoms with Crippen LogP contribution in [0.1, 0.15) is 28.8 Å². The third kappa shape index (κ3) is 4.34. The van der Waals surface area contributed by atoms with E-state index in [4.69, 9.17) is 14.7 Å². The number of hydrogen-bond acceptors (Lipinski definition) is 6. The number of nitrogens with zero attached hydrogens (tertiary/aromatic N) is 3. The number of amides is 1. The lowest BCUT2D eigenvalue weighted by atomic mass is 9.97. The van der Waals surface area contributed by atoms with Gasteiger partial charge >= 0.3 is 0 Å². The Balaban J connectivity index is 1.63. The molecule has 1 amide bonds. The van der Waals surface area contributed by atoms with Crippen LogP contribution in [-0.4, -0.2) is 44.7 Å². The highest BCUT2D eigenvalue weighted by Gasteiger charge is 2.23. The molecule has 0 saturated carbocycles. The second kappa shape index (κ2) is 9.09. The Hall–Kier alpha value is -3.27. The summed E-state index contributed by atoms with van der Waals surface area (Å²) in [6.07, 6.45) is 3.71. The van der Waals surface area contributed by atoms with Gasteiger partial charge in [0.05, 0.1) is 31.4 Å². The maximum absolute atomic E-state index is 12.7. The molecule has 7 heteroatoms. The van der Waals surface area contributed by atoms with Crippen LogP contribution in [0.3, 0.4) is 0 Å². The van der Waals surface area contributed by atoms with Gasteiger partial charge in [-0.2, -0.15) is 5.26 Å². The Labute approximate surface area is 164 Å². The summed E-state index contributed by atoms with van der Waals surface area (Å²) in [5.74, 6) is 1.90. The Bertz CT molecular complexity index is 878. The standard InChI is InChI=1S/C21H24N4O3/c1-27-18-7-3-6-17(20(18)28-2)21(26)24-13-16-5-4-10-25(14-16)19-11-15(12-22)8-9-23-19/h3,6-9,11,16H,4-5,10,13-14H2,1-2H3,(H,24,26)/t16-/m0/s1. The fourth-order valence-electron chi connectivity index (χ4n) is 3.50. The van der Waals surface area contributed by atoms with Crippen molar-refractivity contribution in [2.24, 2.45) is 5.92 Å². The molecule has 0 unspecified atom stereocenters. The molecule has 2 heterocycles. The van der Waals surface area contributed by atoms with Gasteiger partial charge in [0.15, 0.2) is 11.5 Å². The molecule has 0 spiro atoms. The van der Waals surface area contributed by atoms with Crippen LogP contribution in [0, 0.1) is 17.2 Å². The molecule has 1 N–H and O–H groups in total. The van der Waals surface area contributed by atoms with Crippen molar-refractivity contribution < 1.29 is 14.3 Å². The number of piperidine rings is 1. The lowest BCUT2D eigenvalue weighted by molar-refractivity contribution is 0.0942. The Morgan fingerprint density at radius 3 is 2.96 bits per heavy atom. The van der Waals surface area contributed by atoms with Gasteiger partial charge in [0.1, 0.15) is 5.82 Å². The molecule has 3 rings (SSSR count). The number of ether oxygens (including phenoxy) is 2. The van der Waals surface area contributed by atoms with Gasteiger partial charge < -0.3 is 19.7 Å². The smallest absolute Gasteiger partial charge is 0.255 e. The van der Waals surface area contributed by atoms with E-state index in [1.807, 2.05) is 6.07 Å². The second-order valence-corrected chi connectivity index (χ2v) is 6.72. The maximum Gasteiger partial charge on any atom is 0.255 e. The number of nitrogens with one attached hydrogen (secondary N) is 1. The van der Waals surface area contributed by atoms with Gasteiger partial charge in [-0.3, -0.25) is 4.79 Å². The number of rotatable bonds is 6. The molecule has 1 aromatic carbocycles. The summed E-state index contributed by atoms with van der Waals surface area (Å²) >= 11 is 0. The number of para-hydroxylation sites is 1. The van der Waals surface area contributed by atoms with Crippen LogP contribution in [0.25, 0.3) is 0 Å². The van der Waals surface area contributed by atoms with E-state index in [1.165, 1.54) is 7.11 Å². The first-order valence-corrected chi connectivity index (χ1v) is 9.26. The molecule has 1 aliphatic heterocycles. The molecule has 1 saturated heterocycles. The molecule has 1 aliphatic rings. The van der Waals surface area contributed by atoms with E-state index in [9.17, 15) is 4.79 Å². The maximum atomic E-state index is 12.7. The third-order valence-corrected chi connectivity index (χ3v) is 4.92. The Morgan fingerprint density at radius 2 is 2.21 bits per heavy atom. The summed E-state index contributed by atoms with van der Waals surface area (Å²) in [5, 5.41) is 12.1. The normalized spacial score (nSPS) is 16.2. The lowest BCUT2D eigenvalue weighted by Gasteiger charge is -2.33. The molecule has 1 atom stereocenters. The SMILES string of the molecule is COc1cccc(C(=O)NC[C@@H]2CCCN(c3cc(C#N)ccn3)C2)c1OC. The predicted molar refractivity (Wildman–Crippen MR) is 106 cm³/mol. The minimum Gasteiger partial charge on any atom is -0.493 e. The van der Waals surface area contributed by atoms with Gasteiger partial charge in [-0.1, -0.05) is 6.07 Å². The predicted octanol–water partition coefficient (Wildman–Crippen LogP) is 2.62. The molecule has 7 nitrogen and oxygen atoms in total. The molecular weight excluding hydrogens is 356 g/mol. The van der Waals surface area contributed by atoms with Crippen LogP contribution >= 0.6 is 0 Å². The monoisotopic (exact) mass is 380 g/mol. The van der Waals surface area contributed by atoms with Crippen LogP contribution in [0.15, 0.2) is 36.5 Å². The average molecular weight is 380 g/mol. The number of benzene rings is 1. The van der Waals surface area contributed by atoms with E-state index in [1.54, 1.807) is 37.6 Å². The van der Waals surface area contributed by atoms with Gasteiger partial charge in [-0.05, 0) is 43.0 Å². The van der Waals surface area contributed by atoms with Crippen LogP contribution in [0.2, 0.25) is 0 Å². The van der Waals surface area contributed by atoms with Gasteiger partial charge in [-0.15, -0.1) is 0 Å². The zero-order valence-electron chi connectivity index (χ0n) is 16.1. The zero-order valence-corrected chi connectivity index (χ0v) is 16.1. The highest BCUT2D eigenvalue weighted by atomic mass is 16.5. The zero-order chi connectivity index (χ0) is 19.9. The molecule has 146 valence electrons. The van der Waals surface area contributed by atoms with Crippen LogP contribution < -0.4 is 19.7 Å². The molecule has 0 aliphatic carbocycles. The number of methoxy groups -OCH3 is 2. The van der Waals surface area contributed by atoms with Crippen molar-refractivity contribution in [2.45, 2.75) is 12.8 Å². The fraction of sp³-hybridized carbons (Fsp3) is 0.381. The number of anilines is 1. The highest BCUT2D eigenvalue weighted by Crippen LogP contribution is 2.30. The minimum atomic E-state index is -0.183. The molecule has 2 aromatic rings. The highest BCUT2D eigenvalue weighted by molar-refractivity contribution is 5.97. The molecule has 0 radical (unpaired) electrons. The quantitative estimate of drug-likeness (QED) is 0.829. The molecule has 0 bridgehead atoms. The summed E-state index contributed by atoms with van der Waals surface area (Å²) in [4.78, 5) is 19.2. The van der Waals surface area contributed by atoms with E-state index < -0.39 is 0 Å². The summed E-state index contributed by atoms with van der Waals surface area (Å²) in [7, 11) is 3.07. The van der Waals surface area contributed by atoms with E-state index in [-0.39, 0.29) is 5.91 Å². The van der Waals surface area contributed by atoms with E-state index in [0.717, 1.165) is 31.7 Å². The van der Waals surface area contributed by atoms with Crippen molar-refractivity contribution in [3.63, 3.8) is 0 Å². The topological polar surface area (TPSA) is 87.5 Å². The van der Waals surface area contributed by atoms with Crippen molar-refractivity contribution in [1.29, 1.82) is 5.26 Å². The molecule has 28 heavy (non-hydrogen) atoms. The van der Waals surface area contributed by atoms with Crippen molar-refractivity contribution in [3.05, 3.63) is 47.7 Å². The summed E-state index contributed by atoms with van der Waals surface area (Å²) in [6, 6.07) is 10.9. The Kier molecular flexibility index (Phi) is 6.33. The number of pyridine rings is 1. The first-order valence-electron chi connectivity index (χ1n) is 9.26. The number of hydrogen-bond donors (Lipinski definition) is 1. The molecule has 1 fully saturated rings. The van der Waals surface area contributed by atoms with Crippen LogP contribution in [0.5, 0.6) is 11.5 Å². The summed E-state index contributed by atoms with van der Waals surface area (Å²) < 4.78 is 10.6. The van der Waals surface area contributed by atoms with E-state index in [0.29, 0.717) is 35.1 Å². The number of aromatic nitrogens is 1. The first kappa shape index (κ1) is 19.5. The Morgan fingerprint density at radius 1 is 1.36 bits per heavy atom. The minimum absolute atomic E-state index is 0.183.